The maximum Gasteiger partial charge on any atom is 0.441 e. The highest BCUT2D eigenvalue weighted by Gasteiger charge is 2.24. The highest BCUT2D eigenvalue weighted by molar-refractivity contribution is 8.13. The average molecular weight is 387 g/mol. The van der Waals surface area contributed by atoms with Crippen molar-refractivity contribution in [2.45, 2.75) is 6.54 Å². The lowest BCUT2D eigenvalue weighted by Crippen LogP contribution is -2.34. The van der Waals surface area contributed by atoms with Gasteiger partial charge in [-0.1, -0.05) is 46.6 Å². The minimum absolute atomic E-state index is 0.106. The largest absolute Gasteiger partial charge is 0.441 e. The molecule has 0 aliphatic carbocycles. The number of rotatable bonds is 4. The molecule has 1 amide bonds. The molecule has 0 unspecified atom stereocenters. The second kappa shape index (κ2) is 8.62. The van der Waals surface area contributed by atoms with Crippen LogP contribution in [0.25, 0.3) is 0 Å². The standard InChI is InChI=1S/C13H11ClN4O4S2/c1-23-12(16-13(19)22-9-5-3-2-4-6-9)17(18(20)21)8-10-7-15-11(14)24-10/h2-7H,8H2,1H3. The number of halogens is 1. The quantitative estimate of drug-likeness (QED) is 0.342. The first kappa shape index (κ1) is 18.2. The summed E-state index contributed by atoms with van der Waals surface area (Å²) in [5.74, 6) is 0.300. The number of amides is 1. The van der Waals surface area contributed by atoms with Gasteiger partial charge < -0.3 is 4.74 Å². The summed E-state index contributed by atoms with van der Waals surface area (Å²) in [6, 6.07) is 8.31. The zero-order valence-corrected chi connectivity index (χ0v) is 14.7. The summed E-state index contributed by atoms with van der Waals surface area (Å²) in [5, 5.41) is 11.3. The van der Waals surface area contributed by atoms with Crippen LogP contribution in [0.15, 0.2) is 41.5 Å². The molecule has 8 nitrogen and oxygen atoms in total. The number of hydrogen-bond acceptors (Lipinski definition) is 7. The van der Waals surface area contributed by atoms with Crippen LogP contribution >= 0.6 is 34.7 Å². The molecule has 2 rings (SSSR count). The van der Waals surface area contributed by atoms with E-state index in [-0.39, 0.29) is 16.2 Å². The van der Waals surface area contributed by atoms with Crippen molar-refractivity contribution in [1.82, 2.24) is 9.99 Å². The van der Waals surface area contributed by atoms with Crippen molar-refractivity contribution in [3.8, 4) is 5.75 Å². The molecule has 0 spiro atoms. The van der Waals surface area contributed by atoms with E-state index in [0.717, 1.165) is 28.1 Å². The van der Waals surface area contributed by atoms with Crippen molar-refractivity contribution in [2.75, 3.05) is 6.26 Å². The van der Waals surface area contributed by atoms with Gasteiger partial charge in [-0.05, 0) is 18.4 Å². The Bertz CT molecular complexity index is 753. The third-order valence-electron chi connectivity index (χ3n) is 2.57. The van der Waals surface area contributed by atoms with E-state index in [0.29, 0.717) is 10.6 Å². The molecular weight excluding hydrogens is 376 g/mol. The highest BCUT2D eigenvalue weighted by atomic mass is 35.5. The maximum absolute atomic E-state index is 11.9. The Morgan fingerprint density at radius 3 is 2.75 bits per heavy atom. The summed E-state index contributed by atoms with van der Waals surface area (Å²) in [6.07, 6.45) is 2.06. The first-order valence-corrected chi connectivity index (χ1v) is 8.83. The lowest BCUT2D eigenvalue weighted by atomic mass is 10.3. The zero-order chi connectivity index (χ0) is 17.5. The topological polar surface area (TPSA) is 97.9 Å². The monoisotopic (exact) mass is 386 g/mol. The highest BCUT2D eigenvalue weighted by Crippen LogP contribution is 2.21. The van der Waals surface area contributed by atoms with Gasteiger partial charge in [-0.25, -0.2) is 19.9 Å². The maximum atomic E-state index is 11.9. The number of nitrogens with zero attached hydrogens (tertiary/aromatic N) is 4. The van der Waals surface area contributed by atoms with Gasteiger partial charge in [-0.15, -0.1) is 16.3 Å². The molecule has 1 aromatic carbocycles. The van der Waals surface area contributed by atoms with E-state index in [1.54, 1.807) is 36.6 Å². The van der Waals surface area contributed by atoms with Gasteiger partial charge in [0.2, 0.25) is 5.17 Å². The van der Waals surface area contributed by atoms with Crippen LogP contribution in [0.4, 0.5) is 4.79 Å². The molecule has 0 bridgehead atoms. The van der Waals surface area contributed by atoms with E-state index in [1.165, 1.54) is 6.20 Å². The second-order valence-electron chi connectivity index (χ2n) is 4.15. The van der Waals surface area contributed by atoms with Crippen LogP contribution in [0, 0.1) is 10.1 Å². The van der Waals surface area contributed by atoms with Crippen molar-refractivity contribution in [1.29, 1.82) is 0 Å². The number of hydrazine groups is 1. The third-order valence-corrected chi connectivity index (χ3v) is 4.33. The Morgan fingerprint density at radius 2 is 2.21 bits per heavy atom. The summed E-state index contributed by atoms with van der Waals surface area (Å²) >= 11 is 7.79. The minimum Gasteiger partial charge on any atom is -0.409 e. The van der Waals surface area contributed by atoms with E-state index < -0.39 is 11.1 Å². The molecule has 0 saturated heterocycles. The molecule has 24 heavy (non-hydrogen) atoms. The summed E-state index contributed by atoms with van der Waals surface area (Å²) in [5.41, 5.74) is 0. The van der Waals surface area contributed by atoms with E-state index in [2.05, 4.69) is 9.98 Å². The number of aromatic nitrogens is 1. The Balaban J connectivity index is 2.15. The molecule has 0 atom stereocenters. The fourth-order valence-electron chi connectivity index (χ4n) is 1.60. The zero-order valence-electron chi connectivity index (χ0n) is 12.3. The first-order valence-electron chi connectivity index (χ1n) is 6.41. The minimum atomic E-state index is -0.945. The number of para-hydroxylation sites is 1. The van der Waals surface area contributed by atoms with Gasteiger partial charge in [-0.2, -0.15) is 0 Å². The third kappa shape index (κ3) is 5.18. The summed E-state index contributed by atoms with van der Waals surface area (Å²) in [6.45, 7) is -0.115. The van der Waals surface area contributed by atoms with Crippen molar-refractivity contribution in [2.24, 2.45) is 4.99 Å². The fraction of sp³-hybridized carbons (Fsp3) is 0.154. The molecule has 0 radical (unpaired) electrons. The Hall–Kier alpha value is -2.17. The van der Waals surface area contributed by atoms with Crippen LogP contribution in [-0.2, 0) is 6.54 Å². The number of hydrogen-bond donors (Lipinski definition) is 0. The molecule has 2 aromatic rings. The molecule has 0 aliphatic heterocycles. The molecule has 1 aromatic heterocycles. The number of ether oxygens (including phenoxy) is 1. The molecule has 0 saturated carbocycles. The Morgan fingerprint density at radius 1 is 1.50 bits per heavy atom. The number of benzene rings is 1. The predicted octanol–water partition coefficient (Wildman–Crippen LogP) is 3.71. The number of aliphatic imine (C=N–C) groups is 1. The van der Waals surface area contributed by atoms with E-state index in [1.807, 2.05) is 0 Å². The molecule has 0 fully saturated rings. The average Bonchev–Trinajstić information content (AvgIpc) is 2.96. The van der Waals surface area contributed by atoms with Crippen molar-refractivity contribution in [3.05, 3.63) is 56.0 Å². The van der Waals surface area contributed by atoms with Crippen LogP contribution in [0.1, 0.15) is 4.88 Å². The molecule has 126 valence electrons. The normalized spacial score (nSPS) is 11.2. The van der Waals surface area contributed by atoms with Crippen LogP contribution in [0.5, 0.6) is 5.75 Å². The van der Waals surface area contributed by atoms with Crippen molar-refractivity contribution in [3.63, 3.8) is 0 Å². The number of carbonyl (C=O) groups excluding carboxylic acids is 1. The van der Waals surface area contributed by atoms with Gasteiger partial charge in [0.05, 0.1) is 4.88 Å². The summed E-state index contributed by atoms with van der Waals surface area (Å²) < 4.78 is 5.29. The fourth-order valence-corrected chi connectivity index (χ4v) is 3.07. The number of amidine groups is 1. The Kier molecular flexibility index (Phi) is 6.53. The number of thiazole rings is 1. The van der Waals surface area contributed by atoms with Gasteiger partial charge in [-0.3, -0.25) is 0 Å². The van der Waals surface area contributed by atoms with Crippen LogP contribution < -0.4 is 4.74 Å². The van der Waals surface area contributed by atoms with Crippen LogP contribution in [0.2, 0.25) is 4.47 Å². The molecule has 1 heterocycles. The van der Waals surface area contributed by atoms with Crippen LogP contribution in [0.3, 0.4) is 0 Å². The lowest BCUT2D eigenvalue weighted by Gasteiger charge is -2.13. The van der Waals surface area contributed by atoms with Gasteiger partial charge in [0.1, 0.15) is 12.3 Å². The first-order chi connectivity index (χ1) is 11.5. The van der Waals surface area contributed by atoms with Gasteiger partial charge in [0.15, 0.2) is 9.50 Å². The van der Waals surface area contributed by atoms with Gasteiger partial charge >= 0.3 is 6.09 Å². The summed E-state index contributed by atoms with van der Waals surface area (Å²) in [7, 11) is 0. The molecule has 0 aliphatic rings. The lowest BCUT2D eigenvalue weighted by molar-refractivity contribution is -0.631. The number of carbonyl (C=O) groups is 1. The van der Waals surface area contributed by atoms with Crippen molar-refractivity contribution < 1.29 is 14.6 Å². The van der Waals surface area contributed by atoms with Gasteiger partial charge in [0.25, 0.3) is 0 Å². The van der Waals surface area contributed by atoms with Crippen LogP contribution in [-0.4, -0.2) is 32.5 Å². The second-order valence-corrected chi connectivity index (χ2v) is 6.63. The van der Waals surface area contributed by atoms with E-state index in [4.69, 9.17) is 16.3 Å². The SMILES string of the molecule is CSC(=NC(=O)Oc1ccccc1)N(Cc1cnc(Cl)s1)[N+](=O)[O-]. The number of nitro groups is 1. The molecule has 11 heteroatoms. The van der Waals surface area contributed by atoms with E-state index >= 15 is 0 Å². The van der Waals surface area contributed by atoms with Crippen molar-refractivity contribution >= 4 is 46.0 Å². The van der Waals surface area contributed by atoms with E-state index in [9.17, 15) is 14.9 Å². The number of thioether (sulfide) groups is 1. The smallest absolute Gasteiger partial charge is 0.409 e. The molecular formula is C13H11ClN4O4S2. The van der Waals surface area contributed by atoms with Gasteiger partial charge in [0, 0.05) is 6.20 Å². The summed E-state index contributed by atoms with van der Waals surface area (Å²) in [4.78, 5) is 31.2. The predicted molar refractivity (Wildman–Crippen MR) is 93.1 cm³/mol. The Labute approximate surface area is 150 Å². The molecule has 0 N–H and O–H groups in total.